The number of rotatable bonds is 3. The lowest BCUT2D eigenvalue weighted by Crippen LogP contribution is -2.12. The maximum absolute atomic E-state index is 11.7. The van der Waals surface area contributed by atoms with Crippen molar-refractivity contribution in [3.63, 3.8) is 0 Å². The van der Waals surface area contributed by atoms with Gasteiger partial charge in [-0.1, -0.05) is 44.0 Å². The summed E-state index contributed by atoms with van der Waals surface area (Å²) in [6, 6.07) is 4.97. The molecule has 0 bridgehead atoms. The van der Waals surface area contributed by atoms with Crippen LogP contribution in [-0.2, 0) is 5.33 Å². The van der Waals surface area contributed by atoms with E-state index in [4.69, 9.17) is 0 Å². The minimum Gasteiger partial charge on any atom is -0.508 e. The van der Waals surface area contributed by atoms with E-state index in [1.54, 1.807) is 25.1 Å². The number of ketones is 1. The Hall–Kier alpha value is -0.350. The fraction of sp³-hybridized carbons (Fsp3) is 0.300. The Balaban J connectivity index is 3.20. The first-order chi connectivity index (χ1) is 6.57. The van der Waals surface area contributed by atoms with Gasteiger partial charge in [-0.05, 0) is 13.0 Å². The van der Waals surface area contributed by atoms with Crippen LogP contribution >= 0.6 is 31.9 Å². The van der Waals surface area contributed by atoms with Crippen molar-refractivity contribution in [2.75, 3.05) is 0 Å². The summed E-state index contributed by atoms with van der Waals surface area (Å²) in [6.45, 7) is 1.77. The van der Waals surface area contributed by atoms with E-state index >= 15 is 0 Å². The van der Waals surface area contributed by atoms with Gasteiger partial charge in [-0.25, -0.2) is 0 Å². The number of carbonyl (C=O) groups excluding carboxylic acids is 1. The van der Waals surface area contributed by atoms with Gasteiger partial charge in [-0.3, -0.25) is 4.79 Å². The van der Waals surface area contributed by atoms with Crippen molar-refractivity contribution >= 4 is 37.6 Å². The maximum atomic E-state index is 11.7. The third kappa shape index (κ3) is 2.36. The number of aromatic hydroxyl groups is 1. The summed E-state index contributed by atoms with van der Waals surface area (Å²) in [4.78, 5) is 11.5. The zero-order chi connectivity index (χ0) is 10.7. The third-order valence-electron chi connectivity index (χ3n) is 1.91. The quantitative estimate of drug-likeness (QED) is 0.685. The molecule has 0 saturated carbocycles. The van der Waals surface area contributed by atoms with Crippen molar-refractivity contribution in [2.45, 2.75) is 17.1 Å². The Morgan fingerprint density at radius 1 is 1.57 bits per heavy atom. The number of alkyl halides is 2. The molecule has 0 aliphatic rings. The van der Waals surface area contributed by atoms with Crippen LogP contribution in [-0.4, -0.2) is 15.7 Å². The Morgan fingerprint density at radius 3 is 2.71 bits per heavy atom. The summed E-state index contributed by atoms with van der Waals surface area (Å²) in [5.41, 5.74) is 1.20. The topological polar surface area (TPSA) is 37.3 Å². The van der Waals surface area contributed by atoms with Crippen LogP contribution < -0.4 is 0 Å². The average Bonchev–Trinajstić information content (AvgIpc) is 2.16. The molecule has 2 nitrogen and oxygen atoms in total. The summed E-state index contributed by atoms with van der Waals surface area (Å²) in [5, 5.41) is 10.00. The van der Waals surface area contributed by atoms with Gasteiger partial charge in [0, 0.05) is 16.5 Å². The predicted molar refractivity (Wildman–Crippen MR) is 63.5 cm³/mol. The van der Waals surface area contributed by atoms with E-state index in [0.29, 0.717) is 16.5 Å². The number of phenols is 1. The fourth-order valence-corrected chi connectivity index (χ4v) is 2.00. The number of hydrogen-bond donors (Lipinski definition) is 1. The van der Waals surface area contributed by atoms with E-state index in [1.165, 1.54) is 0 Å². The minimum absolute atomic E-state index is 0.0182. The molecule has 1 aromatic carbocycles. The van der Waals surface area contributed by atoms with Crippen LogP contribution in [0.15, 0.2) is 18.2 Å². The van der Waals surface area contributed by atoms with Crippen LogP contribution in [0.4, 0.5) is 0 Å². The molecular weight excluding hydrogens is 312 g/mol. The summed E-state index contributed by atoms with van der Waals surface area (Å²) in [6.07, 6.45) is 0. The zero-order valence-corrected chi connectivity index (χ0v) is 10.8. The van der Waals surface area contributed by atoms with E-state index in [2.05, 4.69) is 31.9 Å². The van der Waals surface area contributed by atoms with E-state index in [1.807, 2.05) is 0 Å². The lowest BCUT2D eigenvalue weighted by molar-refractivity contribution is 0.0995. The van der Waals surface area contributed by atoms with Gasteiger partial charge in [0.25, 0.3) is 0 Å². The van der Waals surface area contributed by atoms with Crippen molar-refractivity contribution in [2.24, 2.45) is 0 Å². The number of carbonyl (C=O) groups is 1. The molecule has 0 aliphatic carbocycles. The highest BCUT2D eigenvalue weighted by atomic mass is 79.9. The Morgan fingerprint density at radius 2 is 2.21 bits per heavy atom. The molecule has 0 heterocycles. The van der Waals surface area contributed by atoms with Crippen LogP contribution in [0, 0.1) is 0 Å². The van der Waals surface area contributed by atoms with E-state index in [-0.39, 0.29) is 16.4 Å². The first kappa shape index (κ1) is 11.7. The average molecular weight is 322 g/mol. The van der Waals surface area contributed by atoms with Crippen molar-refractivity contribution in [3.8, 4) is 5.75 Å². The number of hydrogen-bond acceptors (Lipinski definition) is 2. The van der Waals surface area contributed by atoms with E-state index < -0.39 is 0 Å². The van der Waals surface area contributed by atoms with Gasteiger partial charge in [-0.15, -0.1) is 0 Å². The third-order valence-corrected chi connectivity index (χ3v) is 2.89. The van der Waals surface area contributed by atoms with Gasteiger partial charge in [0.2, 0.25) is 0 Å². The number of phenolic OH excluding ortho intramolecular Hbond substituents is 1. The molecule has 0 amide bonds. The molecule has 1 aromatic rings. The highest BCUT2D eigenvalue weighted by Crippen LogP contribution is 2.25. The smallest absolute Gasteiger partial charge is 0.176 e. The van der Waals surface area contributed by atoms with Gasteiger partial charge in [-0.2, -0.15) is 0 Å². The summed E-state index contributed by atoms with van der Waals surface area (Å²) < 4.78 is 0. The van der Waals surface area contributed by atoms with Gasteiger partial charge in [0.15, 0.2) is 5.78 Å². The van der Waals surface area contributed by atoms with Crippen LogP contribution in [0.2, 0.25) is 0 Å². The molecular formula is C10H10Br2O2. The first-order valence-electron chi connectivity index (χ1n) is 4.13. The Bertz CT molecular complexity index is 348. The number of benzene rings is 1. The Kier molecular flexibility index (Phi) is 4.13. The second-order valence-corrected chi connectivity index (χ2v) is 4.85. The monoisotopic (exact) mass is 320 g/mol. The molecule has 1 unspecified atom stereocenters. The predicted octanol–water partition coefficient (Wildman–Crippen LogP) is 3.25. The molecule has 0 aromatic heterocycles. The molecule has 0 fully saturated rings. The molecule has 76 valence electrons. The van der Waals surface area contributed by atoms with Gasteiger partial charge in [0.1, 0.15) is 5.75 Å². The maximum Gasteiger partial charge on any atom is 0.176 e. The SMILES string of the molecule is CC(Br)C(=O)c1cccc(O)c1CBr. The van der Waals surface area contributed by atoms with Crippen LogP contribution in [0.5, 0.6) is 5.75 Å². The Labute approximate surface area is 99.6 Å². The summed E-state index contributed by atoms with van der Waals surface area (Å²) in [7, 11) is 0. The molecule has 0 aliphatic heterocycles. The van der Waals surface area contributed by atoms with Crippen molar-refractivity contribution < 1.29 is 9.90 Å². The molecule has 0 spiro atoms. The highest BCUT2D eigenvalue weighted by molar-refractivity contribution is 9.10. The second-order valence-electron chi connectivity index (χ2n) is 2.92. The normalized spacial score (nSPS) is 12.5. The van der Waals surface area contributed by atoms with Gasteiger partial charge < -0.3 is 5.11 Å². The lowest BCUT2D eigenvalue weighted by atomic mass is 10.0. The molecule has 0 saturated heterocycles. The number of halogens is 2. The molecule has 1 rings (SSSR count). The van der Waals surface area contributed by atoms with Crippen molar-refractivity contribution in [3.05, 3.63) is 29.3 Å². The van der Waals surface area contributed by atoms with Crippen molar-refractivity contribution in [1.29, 1.82) is 0 Å². The molecule has 4 heteroatoms. The standard InChI is InChI=1S/C10H10Br2O2/c1-6(12)10(14)7-3-2-4-9(13)8(7)5-11/h2-4,6,13H,5H2,1H3. The molecule has 0 radical (unpaired) electrons. The van der Waals surface area contributed by atoms with E-state index in [9.17, 15) is 9.90 Å². The largest absolute Gasteiger partial charge is 0.508 e. The highest BCUT2D eigenvalue weighted by Gasteiger charge is 2.17. The molecule has 1 atom stereocenters. The van der Waals surface area contributed by atoms with Crippen LogP contribution in [0.3, 0.4) is 0 Å². The minimum atomic E-state index is -0.234. The number of Topliss-reactive ketones (excluding diaryl/α,β-unsaturated/α-hetero) is 1. The zero-order valence-electron chi connectivity index (χ0n) is 7.63. The summed E-state index contributed by atoms with van der Waals surface area (Å²) >= 11 is 6.47. The molecule has 1 N–H and O–H groups in total. The molecule has 14 heavy (non-hydrogen) atoms. The van der Waals surface area contributed by atoms with E-state index in [0.717, 1.165) is 0 Å². The first-order valence-corrected chi connectivity index (χ1v) is 6.16. The summed E-state index contributed by atoms with van der Waals surface area (Å²) in [5.74, 6) is 0.135. The van der Waals surface area contributed by atoms with Crippen molar-refractivity contribution in [1.82, 2.24) is 0 Å². The van der Waals surface area contributed by atoms with Gasteiger partial charge in [0.05, 0.1) is 4.83 Å². The second kappa shape index (κ2) is 4.94. The van der Waals surface area contributed by atoms with Crippen LogP contribution in [0.25, 0.3) is 0 Å². The van der Waals surface area contributed by atoms with Gasteiger partial charge >= 0.3 is 0 Å². The lowest BCUT2D eigenvalue weighted by Gasteiger charge is -2.09. The fourth-order valence-electron chi connectivity index (χ4n) is 1.16. The van der Waals surface area contributed by atoms with Crippen LogP contribution in [0.1, 0.15) is 22.8 Å².